The first-order chi connectivity index (χ1) is 12.7. The van der Waals surface area contributed by atoms with E-state index in [9.17, 15) is 0 Å². The highest BCUT2D eigenvalue weighted by Crippen LogP contribution is 2.40. The monoisotopic (exact) mass is 374 g/mol. The van der Waals surface area contributed by atoms with Crippen molar-refractivity contribution in [3.8, 4) is 10.7 Å². The Hall–Kier alpha value is -1.97. The zero-order chi connectivity index (χ0) is 17.7. The molecule has 0 aromatic carbocycles. The van der Waals surface area contributed by atoms with E-state index in [-0.39, 0.29) is 6.04 Å². The summed E-state index contributed by atoms with van der Waals surface area (Å²) in [5.74, 6) is 2.78. The molecule has 26 heavy (non-hydrogen) atoms. The van der Waals surface area contributed by atoms with E-state index in [4.69, 9.17) is 25.2 Å². The molecule has 5 rings (SSSR count). The van der Waals surface area contributed by atoms with Crippen molar-refractivity contribution in [1.29, 1.82) is 0 Å². The molecule has 2 fully saturated rings. The number of hydrogen-bond acceptors (Lipinski definition) is 9. The van der Waals surface area contributed by atoms with Gasteiger partial charge in [0, 0.05) is 25.1 Å². The first-order valence-electron chi connectivity index (χ1n) is 9.02. The standard InChI is InChI=1S/C17H22N6O2S/c1-10-8-24-4-2-22(10)15-12-6-11-9-25-5-3-23(11)16(12)21-14(20-15)13-7-19-17(18)26-13/h7,10-11H,2-6,8-9H2,1H3,(H2,18,19)/t10-,11-/m1/s1. The van der Waals surface area contributed by atoms with E-state index in [1.165, 1.54) is 16.9 Å². The lowest BCUT2D eigenvalue weighted by Gasteiger charge is -2.35. The second-order valence-electron chi connectivity index (χ2n) is 6.98. The molecular weight excluding hydrogens is 352 g/mol. The highest BCUT2D eigenvalue weighted by atomic mass is 32.1. The van der Waals surface area contributed by atoms with Gasteiger partial charge in [-0.3, -0.25) is 0 Å². The van der Waals surface area contributed by atoms with Crippen LogP contribution in [0.4, 0.5) is 16.8 Å². The summed E-state index contributed by atoms with van der Waals surface area (Å²) in [4.78, 5) is 19.7. The number of nitrogens with zero attached hydrogens (tertiary/aromatic N) is 5. The number of morpholine rings is 2. The Balaban J connectivity index is 1.64. The van der Waals surface area contributed by atoms with Gasteiger partial charge in [-0.15, -0.1) is 0 Å². The van der Waals surface area contributed by atoms with Crippen LogP contribution in [0.25, 0.3) is 10.7 Å². The van der Waals surface area contributed by atoms with E-state index in [0.29, 0.717) is 17.0 Å². The normalized spacial score (nSPS) is 25.3. The van der Waals surface area contributed by atoms with Crippen molar-refractivity contribution in [2.75, 3.05) is 55.1 Å². The maximum absolute atomic E-state index is 5.84. The van der Waals surface area contributed by atoms with Crippen LogP contribution in [-0.4, -0.2) is 66.6 Å². The maximum Gasteiger partial charge on any atom is 0.180 e. The van der Waals surface area contributed by atoms with Gasteiger partial charge in [0.1, 0.15) is 11.6 Å². The van der Waals surface area contributed by atoms with E-state index < -0.39 is 0 Å². The fraction of sp³-hybridized carbons (Fsp3) is 0.588. The minimum absolute atomic E-state index is 0.288. The Morgan fingerprint density at radius 3 is 2.58 bits per heavy atom. The van der Waals surface area contributed by atoms with E-state index >= 15 is 0 Å². The van der Waals surface area contributed by atoms with Crippen LogP contribution in [0.5, 0.6) is 0 Å². The van der Waals surface area contributed by atoms with E-state index in [1.54, 1.807) is 6.20 Å². The van der Waals surface area contributed by atoms with Crippen molar-refractivity contribution < 1.29 is 9.47 Å². The highest BCUT2D eigenvalue weighted by Gasteiger charge is 2.38. The molecule has 8 nitrogen and oxygen atoms in total. The molecule has 2 saturated heterocycles. The summed E-state index contributed by atoms with van der Waals surface area (Å²) in [5, 5.41) is 0.537. The quantitative estimate of drug-likeness (QED) is 0.838. The molecule has 0 amide bonds. The predicted molar refractivity (Wildman–Crippen MR) is 101 cm³/mol. The van der Waals surface area contributed by atoms with E-state index in [0.717, 1.165) is 62.5 Å². The van der Waals surface area contributed by atoms with Crippen LogP contribution in [0.15, 0.2) is 6.20 Å². The Kier molecular flexibility index (Phi) is 3.95. The van der Waals surface area contributed by atoms with Crippen molar-refractivity contribution >= 4 is 28.1 Å². The first-order valence-corrected chi connectivity index (χ1v) is 9.83. The summed E-state index contributed by atoms with van der Waals surface area (Å²) < 4.78 is 11.3. The summed E-state index contributed by atoms with van der Waals surface area (Å²) in [7, 11) is 0. The molecular formula is C17H22N6O2S. The van der Waals surface area contributed by atoms with Crippen LogP contribution in [0, 0.1) is 0 Å². The SMILES string of the molecule is C[C@@H]1COCCN1c1nc(-c2cnc(N)s2)nc2c1C[C@@H]1COCCN21. The summed E-state index contributed by atoms with van der Waals surface area (Å²) in [6, 6.07) is 0.640. The van der Waals surface area contributed by atoms with Gasteiger partial charge in [-0.25, -0.2) is 15.0 Å². The molecule has 0 saturated carbocycles. The molecule has 2 N–H and O–H groups in total. The zero-order valence-corrected chi connectivity index (χ0v) is 15.5. The van der Waals surface area contributed by atoms with Crippen molar-refractivity contribution in [2.45, 2.75) is 25.4 Å². The Labute approximate surface area is 156 Å². The summed E-state index contributed by atoms with van der Waals surface area (Å²) in [6.07, 6.45) is 2.69. The molecule has 9 heteroatoms. The Bertz CT molecular complexity index is 828. The lowest BCUT2D eigenvalue weighted by atomic mass is 10.1. The average molecular weight is 374 g/mol. The molecule has 138 valence electrons. The lowest BCUT2D eigenvalue weighted by Crippen LogP contribution is -2.44. The zero-order valence-electron chi connectivity index (χ0n) is 14.7. The van der Waals surface area contributed by atoms with Crippen molar-refractivity contribution in [3.63, 3.8) is 0 Å². The van der Waals surface area contributed by atoms with Gasteiger partial charge in [-0.1, -0.05) is 11.3 Å². The second-order valence-corrected chi connectivity index (χ2v) is 8.04. The van der Waals surface area contributed by atoms with Crippen molar-refractivity contribution in [1.82, 2.24) is 15.0 Å². The molecule has 3 aliphatic rings. The lowest BCUT2D eigenvalue weighted by molar-refractivity contribution is 0.0967. The number of hydrogen-bond donors (Lipinski definition) is 1. The van der Waals surface area contributed by atoms with Gasteiger partial charge in [-0.05, 0) is 6.92 Å². The maximum atomic E-state index is 5.84. The van der Waals surface area contributed by atoms with Gasteiger partial charge in [0.05, 0.1) is 49.6 Å². The molecule has 0 radical (unpaired) electrons. The van der Waals surface area contributed by atoms with Gasteiger partial charge in [0.25, 0.3) is 0 Å². The fourth-order valence-electron chi connectivity index (χ4n) is 4.00. The first kappa shape index (κ1) is 16.2. The molecule has 0 unspecified atom stereocenters. The van der Waals surface area contributed by atoms with Gasteiger partial charge >= 0.3 is 0 Å². The topological polar surface area (TPSA) is 89.6 Å². The predicted octanol–water partition coefficient (Wildman–Crippen LogP) is 1.17. The molecule has 5 heterocycles. The van der Waals surface area contributed by atoms with Crippen LogP contribution in [0.2, 0.25) is 0 Å². The summed E-state index contributed by atoms with van der Waals surface area (Å²) >= 11 is 1.43. The second kappa shape index (κ2) is 6.33. The summed E-state index contributed by atoms with van der Waals surface area (Å²) in [6.45, 7) is 6.83. The van der Waals surface area contributed by atoms with Crippen molar-refractivity contribution in [2.24, 2.45) is 0 Å². The van der Waals surface area contributed by atoms with Crippen molar-refractivity contribution in [3.05, 3.63) is 11.8 Å². The van der Waals surface area contributed by atoms with E-state index in [1.807, 2.05) is 0 Å². The molecule has 2 aromatic rings. The number of thiazole rings is 1. The molecule has 3 aliphatic heterocycles. The highest BCUT2D eigenvalue weighted by molar-refractivity contribution is 7.18. The van der Waals surface area contributed by atoms with Gasteiger partial charge in [0.15, 0.2) is 11.0 Å². The molecule has 0 aliphatic carbocycles. The van der Waals surface area contributed by atoms with Crippen LogP contribution < -0.4 is 15.5 Å². The average Bonchev–Trinajstić information content (AvgIpc) is 3.25. The number of fused-ring (bicyclic) bond motifs is 3. The number of nitrogen functional groups attached to an aromatic ring is 1. The summed E-state index contributed by atoms with van der Waals surface area (Å²) in [5.41, 5.74) is 7.07. The van der Waals surface area contributed by atoms with Crippen LogP contribution in [0.3, 0.4) is 0 Å². The van der Waals surface area contributed by atoms with Gasteiger partial charge < -0.3 is 25.0 Å². The smallest absolute Gasteiger partial charge is 0.180 e. The van der Waals surface area contributed by atoms with Gasteiger partial charge in [0.2, 0.25) is 0 Å². The van der Waals surface area contributed by atoms with E-state index in [2.05, 4.69) is 21.7 Å². The number of aromatic nitrogens is 3. The third kappa shape index (κ3) is 2.62. The Morgan fingerprint density at radius 2 is 1.85 bits per heavy atom. The number of anilines is 3. The number of ether oxygens (including phenoxy) is 2. The third-order valence-electron chi connectivity index (χ3n) is 5.29. The molecule has 2 atom stereocenters. The molecule has 0 spiro atoms. The Morgan fingerprint density at radius 1 is 1.12 bits per heavy atom. The largest absolute Gasteiger partial charge is 0.377 e. The molecule has 2 aromatic heterocycles. The molecule has 0 bridgehead atoms. The number of nitrogens with two attached hydrogens (primary N) is 1. The van der Waals surface area contributed by atoms with Gasteiger partial charge in [-0.2, -0.15) is 0 Å². The fourth-order valence-corrected chi connectivity index (χ4v) is 4.62. The third-order valence-corrected chi connectivity index (χ3v) is 6.11. The minimum atomic E-state index is 0.288. The number of rotatable bonds is 2. The van der Waals surface area contributed by atoms with Crippen LogP contribution >= 0.6 is 11.3 Å². The van der Waals surface area contributed by atoms with Crippen LogP contribution in [0.1, 0.15) is 12.5 Å². The van der Waals surface area contributed by atoms with Crippen LogP contribution in [-0.2, 0) is 15.9 Å². The minimum Gasteiger partial charge on any atom is -0.377 e.